The summed E-state index contributed by atoms with van der Waals surface area (Å²) < 4.78 is 42.4. The molecule has 2 rings (SSSR count). The van der Waals surface area contributed by atoms with Crippen LogP contribution in [0.4, 0.5) is 5.69 Å². The lowest BCUT2D eigenvalue weighted by atomic mass is 10.1. The van der Waals surface area contributed by atoms with Crippen LogP contribution in [0, 0.1) is 0 Å². The maximum atomic E-state index is 13.8. The highest BCUT2D eigenvalue weighted by Gasteiger charge is 2.32. The van der Waals surface area contributed by atoms with Crippen molar-refractivity contribution in [3.63, 3.8) is 0 Å². The molecule has 1 N–H and O–H groups in total. The quantitative estimate of drug-likeness (QED) is 0.396. The molecule has 0 saturated heterocycles. The van der Waals surface area contributed by atoms with Crippen LogP contribution in [-0.2, 0) is 26.2 Å². The third kappa shape index (κ3) is 8.01. The molecule has 0 unspecified atom stereocenters. The van der Waals surface area contributed by atoms with Crippen molar-refractivity contribution in [2.45, 2.75) is 39.3 Å². The lowest BCUT2D eigenvalue weighted by molar-refractivity contribution is -0.140. The number of carbonyl (C=O) groups is 2. The molecule has 0 fully saturated rings. The van der Waals surface area contributed by atoms with E-state index in [4.69, 9.17) is 14.2 Å². The molecule has 0 heterocycles. The van der Waals surface area contributed by atoms with Gasteiger partial charge in [0.05, 0.1) is 33.3 Å². The van der Waals surface area contributed by atoms with Crippen molar-refractivity contribution in [3.8, 4) is 17.2 Å². The van der Waals surface area contributed by atoms with Crippen molar-refractivity contribution in [1.29, 1.82) is 0 Å². The van der Waals surface area contributed by atoms with E-state index in [1.165, 1.54) is 25.2 Å². The number of anilines is 1. The maximum absolute atomic E-state index is 13.8. The molecule has 2 amide bonds. The molecule has 0 bridgehead atoms. The zero-order valence-corrected chi connectivity index (χ0v) is 23.1. The number of carbonyl (C=O) groups excluding carboxylic acids is 2. The van der Waals surface area contributed by atoms with Gasteiger partial charge in [-0.1, -0.05) is 26.0 Å². The molecule has 0 saturated carbocycles. The lowest BCUT2D eigenvalue weighted by Crippen LogP contribution is -2.52. The van der Waals surface area contributed by atoms with Gasteiger partial charge in [-0.05, 0) is 42.7 Å². The Morgan fingerprint density at radius 3 is 2.08 bits per heavy atom. The highest BCUT2D eigenvalue weighted by atomic mass is 32.2. The lowest BCUT2D eigenvalue weighted by Gasteiger charge is -2.33. The molecule has 11 heteroatoms. The smallest absolute Gasteiger partial charge is 0.244 e. The summed E-state index contributed by atoms with van der Waals surface area (Å²) in [7, 11) is 0.548. The second-order valence-corrected chi connectivity index (χ2v) is 10.3. The van der Waals surface area contributed by atoms with Crippen LogP contribution in [0.2, 0.25) is 0 Å². The molecule has 204 valence electrons. The normalized spacial score (nSPS) is 11.8. The first-order chi connectivity index (χ1) is 17.6. The van der Waals surface area contributed by atoms with E-state index in [-0.39, 0.29) is 23.9 Å². The second kappa shape index (κ2) is 13.7. The Morgan fingerprint density at radius 2 is 1.57 bits per heavy atom. The average Bonchev–Trinajstić information content (AvgIpc) is 2.89. The van der Waals surface area contributed by atoms with Crippen LogP contribution in [0.3, 0.4) is 0 Å². The van der Waals surface area contributed by atoms with Gasteiger partial charge in [-0.2, -0.15) is 0 Å². The van der Waals surface area contributed by atoms with Gasteiger partial charge in [-0.15, -0.1) is 0 Å². The Hall–Kier alpha value is -3.47. The largest absolute Gasteiger partial charge is 0.497 e. The Labute approximate surface area is 219 Å². The van der Waals surface area contributed by atoms with Crippen LogP contribution in [-0.4, -0.2) is 71.8 Å². The molecule has 2 aromatic rings. The number of amides is 2. The first-order valence-electron chi connectivity index (χ1n) is 12.0. The Balaban J connectivity index is 2.48. The molecular weight excluding hydrogens is 498 g/mol. The highest BCUT2D eigenvalue weighted by Crippen LogP contribution is 2.33. The van der Waals surface area contributed by atoms with Gasteiger partial charge in [0, 0.05) is 19.2 Å². The topological polar surface area (TPSA) is 114 Å². The molecule has 0 radical (unpaired) electrons. The summed E-state index contributed by atoms with van der Waals surface area (Å²) in [5.41, 5.74) is 0.954. The fraction of sp³-hybridized carbons (Fsp3) is 0.462. The Morgan fingerprint density at radius 1 is 0.946 bits per heavy atom. The molecule has 2 aromatic carbocycles. The minimum atomic E-state index is -3.90. The first kappa shape index (κ1) is 29.8. The van der Waals surface area contributed by atoms with Crippen molar-refractivity contribution in [3.05, 3.63) is 48.0 Å². The van der Waals surface area contributed by atoms with E-state index in [1.54, 1.807) is 43.5 Å². The van der Waals surface area contributed by atoms with Crippen LogP contribution in [0.15, 0.2) is 42.5 Å². The summed E-state index contributed by atoms with van der Waals surface area (Å²) in [5.74, 6) is 0.535. The molecule has 0 spiro atoms. The van der Waals surface area contributed by atoms with E-state index in [0.29, 0.717) is 24.5 Å². The molecule has 10 nitrogen and oxygen atoms in total. The number of hydrogen-bond acceptors (Lipinski definition) is 7. The van der Waals surface area contributed by atoms with E-state index < -0.39 is 28.5 Å². The number of benzene rings is 2. The van der Waals surface area contributed by atoms with Gasteiger partial charge >= 0.3 is 0 Å². The molecular formula is C26H37N3O7S. The van der Waals surface area contributed by atoms with Crippen molar-refractivity contribution in [1.82, 2.24) is 10.2 Å². The zero-order chi connectivity index (χ0) is 27.6. The number of rotatable bonds is 14. The van der Waals surface area contributed by atoms with E-state index in [9.17, 15) is 18.0 Å². The maximum Gasteiger partial charge on any atom is 0.244 e. The second-order valence-electron chi connectivity index (χ2n) is 8.39. The summed E-state index contributed by atoms with van der Waals surface area (Å²) >= 11 is 0. The summed E-state index contributed by atoms with van der Waals surface area (Å²) in [6, 6.07) is 11.0. The summed E-state index contributed by atoms with van der Waals surface area (Å²) in [5, 5.41) is 2.85. The van der Waals surface area contributed by atoms with Gasteiger partial charge < -0.3 is 24.4 Å². The van der Waals surface area contributed by atoms with E-state index in [0.717, 1.165) is 22.5 Å². The third-order valence-corrected chi connectivity index (χ3v) is 6.91. The number of methoxy groups -OCH3 is 3. The van der Waals surface area contributed by atoms with E-state index in [2.05, 4.69) is 5.32 Å². The SMILES string of the molecule is CCCNC(=O)[C@@H](CC)N(Cc1ccc(OC)cc1)C(=O)CN(c1ccc(OC)cc1OC)S(C)(=O)=O. The van der Waals surface area contributed by atoms with Crippen LogP contribution in [0.25, 0.3) is 0 Å². The zero-order valence-electron chi connectivity index (χ0n) is 22.3. The van der Waals surface area contributed by atoms with Crippen LogP contribution in [0.5, 0.6) is 17.2 Å². The fourth-order valence-electron chi connectivity index (χ4n) is 3.80. The van der Waals surface area contributed by atoms with E-state index >= 15 is 0 Å². The van der Waals surface area contributed by atoms with E-state index in [1.807, 2.05) is 13.8 Å². The van der Waals surface area contributed by atoms with Gasteiger partial charge in [0.2, 0.25) is 21.8 Å². The number of sulfonamides is 1. The van der Waals surface area contributed by atoms with Gasteiger partial charge in [0.25, 0.3) is 0 Å². The standard InChI is InChI=1S/C26H37N3O7S/c1-7-15-27-26(31)22(8-2)28(17-19-9-11-20(34-3)12-10-19)25(30)18-29(37(6,32)33)23-14-13-21(35-4)16-24(23)36-5/h9-14,16,22H,7-8,15,17-18H2,1-6H3,(H,27,31)/t22-/m1/s1. The predicted octanol–water partition coefficient (Wildman–Crippen LogP) is 2.81. The van der Waals surface area contributed by atoms with Gasteiger partial charge in [-0.3, -0.25) is 13.9 Å². The molecule has 0 aliphatic carbocycles. The Bertz CT molecular complexity index is 1150. The van der Waals surface area contributed by atoms with Crippen LogP contribution < -0.4 is 23.8 Å². The Kier molecular flexibility index (Phi) is 11.0. The number of hydrogen-bond donors (Lipinski definition) is 1. The molecule has 37 heavy (non-hydrogen) atoms. The van der Waals surface area contributed by atoms with Crippen molar-refractivity contribution in [2.75, 3.05) is 45.0 Å². The van der Waals surface area contributed by atoms with Crippen LogP contribution >= 0.6 is 0 Å². The van der Waals surface area contributed by atoms with Crippen molar-refractivity contribution >= 4 is 27.5 Å². The number of nitrogens with zero attached hydrogens (tertiary/aromatic N) is 2. The molecule has 0 aliphatic rings. The van der Waals surface area contributed by atoms with Gasteiger partial charge in [0.15, 0.2) is 0 Å². The van der Waals surface area contributed by atoms with Crippen molar-refractivity contribution < 1.29 is 32.2 Å². The van der Waals surface area contributed by atoms with Crippen molar-refractivity contribution in [2.24, 2.45) is 0 Å². The number of nitrogens with one attached hydrogen (secondary N) is 1. The molecule has 0 aromatic heterocycles. The molecule has 1 atom stereocenters. The van der Waals surface area contributed by atoms with Gasteiger partial charge in [-0.25, -0.2) is 8.42 Å². The monoisotopic (exact) mass is 535 g/mol. The summed E-state index contributed by atoms with van der Waals surface area (Å²) in [6.07, 6.45) is 2.11. The average molecular weight is 536 g/mol. The van der Waals surface area contributed by atoms with Crippen LogP contribution in [0.1, 0.15) is 32.3 Å². The fourth-order valence-corrected chi connectivity index (χ4v) is 4.65. The minimum Gasteiger partial charge on any atom is -0.497 e. The van der Waals surface area contributed by atoms with Gasteiger partial charge in [0.1, 0.15) is 29.8 Å². The molecule has 0 aliphatic heterocycles. The summed E-state index contributed by atoms with van der Waals surface area (Å²) in [4.78, 5) is 28.2. The predicted molar refractivity (Wildman–Crippen MR) is 143 cm³/mol. The number of ether oxygens (including phenoxy) is 3. The first-order valence-corrected chi connectivity index (χ1v) is 13.8. The third-order valence-electron chi connectivity index (χ3n) is 5.78. The minimum absolute atomic E-state index is 0.109. The summed E-state index contributed by atoms with van der Waals surface area (Å²) in [6.45, 7) is 3.81. The highest BCUT2D eigenvalue weighted by molar-refractivity contribution is 7.92.